The summed E-state index contributed by atoms with van der Waals surface area (Å²) in [6.45, 7) is 5.42. The van der Waals surface area contributed by atoms with Gasteiger partial charge in [-0.15, -0.1) is 0 Å². The van der Waals surface area contributed by atoms with Crippen molar-refractivity contribution in [2.24, 2.45) is 0 Å². The smallest absolute Gasteiger partial charge is 0.340 e. The number of nitrogens with one attached hydrogen (secondary N) is 1. The highest BCUT2D eigenvalue weighted by atomic mass is 16.5. The summed E-state index contributed by atoms with van der Waals surface area (Å²) >= 11 is 0. The zero-order valence-corrected chi connectivity index (χ0v) is 18.1. The Bertz CT molecular complexity index is 1020. The molecule has 0 unspecified atom stereocenters. The molecule has 0 saturated heterocycles. The molecule has 0 aliphatic rings. The number of rotatable bonds is 11. The van der Waals surface area contributed by atoms with Crippen LogP contribution in [0.2, 0.25) is 0 Å². The highest BCUT2D eigenvalue weighted by molar-refractivity contribution is 6.01. The van der Waals surface area contributed by atoms with Crippen LogP contribution in [0.15, 0.2) is 53.1 Å². The number of esters is 1. The van der Waals surface area contributed by atoms with Crippen molar-refractivity contribution in [1.82, 2.24) is 4.57 Å². The summed E-state index contributed by atoms with van der Waals surface area (Å²) in [7, 11) is 1.67. The summed E-state index contributed by atoms with van der Waals surface area (Å²) in [5, 5.41) is 3.17. The summed E-state index contributed by atoms with van der Waals surface area (Å²) in [4.78, 5) is 25.4. The van der Waals surface area contributed by atoms with Crippen LogP contribution in [-0.4, -0.2) is 36.6 Å². The summed E-state index contributed by atoms with van der Waals surface area (Å²) < 4.78 is 17.8. The largest absolute Gasteiger partial charge is 0.467 e. The van der Waals surface area contributed by atoms with Crippen molar-refractivity contribution in [3.63, 3.8) is 0 Å². The molecule has 1 N–H and O–H groups in total. The molecular formula is C24H28N2O5. The lowest BCUT2D eigenvalue weighted by atomic mass is 10.1. The predicted octanol–water partition coefficient (Wildman–Crippen LogP) is 4.39. The van der Waals surface area contributed by atoms with Gasteiger partial charge in [0.25, 0.3) is 0 Å². The lowest BCUT2D eigenvalue weighted by molar-refractivity contribution is 0.0475. The van der Waals surface area contributed by atoms with Crippen molar-refractivity contribution in [3.8, 4) is 0 Å². The number of hydrogen-bond acceptors (Lipinski definition) is 6. The molecule has 1 aromatic carbocycles. The van der Waals surface area contributed by atoms with Crippen LogP contribution in [-0.2, 0) is 22.6 Å². The van der Waals surface area contributed by atoms with E-state index in [0.717, 1.165) is 30.1 Å². The van der Waals surface area contributed by atoms with Crippen LogP contribution in [0.4, 0.5) is 5.69 Å². The van der Waals surface area contributed by atoms with Gasteiger partial charge in [-0.05, 0) is 50.6 Å². The van der Waals surface area contributed by atoms with Crippen LogP contribution in [0.5, 0.6) is 0 Å². The van der Waals surface area contributed by atoms with Crippen molar-refractivity contribution in [2.45, 2.75) is 33.4 Å². The van der Waals surface area contributed by atoms with Crippen molar-refractivity contribution in [3.05, 3.63) is 77.0 Å². The Morgan fingerprint density at radius 1 is 1.10 bits per heavy atom. The molecule has 0 spiro atoms. The Morgan fingerprint density at radius 2 is 1.90 bits per heavy atom. The summed E-state index contributed by atoms with van der Waals surface area (Å²) in [5.41, 5.74) is 3.43. The zero-order valence-electron chi connectivity index (χ0n) is 18.1. The fraction of sp³-hybridized carbons (Fsp3) is 0.333. The molecule has 0 aliphatic heterocycles. The fourth-order valence-electron chi connectivity index (χ4n) is 3.49. The molecule has 0 saturated carbocycles. The average Bonchev–Trinajstić information content (AvgIpc) is 3.39. The number of para-hydroxylation sites is 1. The van der Waals surface area contributed by atoms with Crippen molar-refractivity contribution in [2.75, 3.05) is 25.6 Å². The van der Waals surface area contributed by atoms with E-state index >= 15 is 0 Å². The van der Waals surface area contributed by atoms with Gasteiger partial charge in [0.2, 0.25) is 5.78 Å². The van der Waals surface area contributed by atoms with E-state index in [1.165, 1.54) is 0 Å². The number of aryl methyl sites for hydroxylation is 1. The van der Waals surface area contributed by atoms with E-state index in [1.54, 1.807) is 37.6 Å². The van der Waals surface area contributed by atoms with Crippen LogP contribution < -0.4 is 5.32 Å². The molecule has 0 fully saturated rings. The maximum absolute atomic E-state index is 12.7. The van der Waals surface area contributed by atoms with Crippen LogP contribution >= 0.6 is 0 Å². The van der Waals surface area contributed by atoms with Gasteiger partial charge in [-0.2, -0.15) is 0 Å². The van der Waals surface area contributed by atoms with Crippen molar-refractivity contribution < 1.29 is 23.5 Å². The fourth-order valence-corrected chi connectivity index (χ4v) is 3.49. The van der Waals surface area contributed by atoms with Gasteiger partial charge in [0.1, 0.15) is 5.76 Å². The van der Waals surface area contributed by atoms with Crippen LogP contribution in [0.25, 0.3) is 0 Å². The molecule has 0 atom stereocenters. The number of benzene rings is 1. The van der Waals surface area contributed by atoms with E-state index in [0.29, 0.717) is 30.0 Å². The number of nitrogens with zero attached hydrogens (tertiary/aromatic N) is 1. The second-order valence-electron chi connectivity index (χ2n) is 7.26. The molecule has 2 aromatic heterocycles. The Hall–Kier alpha value is -3.32. The first-order chi connectivity index (χ1) is 15.0. The number of furan rings is 1. The number of anilines is 1. The molecule has 7 heteroatoms. The Balaban J connectivity index is 1.62. The first-order valence-corrected chi connectivity index (χ1v) is 10.2. The van der Waals surface area contributed by atoms with Gasteiger partial charge < -0.3 is 23.8 Å². The van der Waals surface area contributed by atoms with Gasteiger partial charge >= 0.3 is 5.97 Å². The van der Waals surface area contributed by atoms with Crippen LogP contribution in [0, 0.1) is 13.8 Å². The molecule has 31 heavy (non-hydrogen) atoms. The van der Waals surface area contributed by atoms with Gasteiger partial charge in [0.15, 0.2) is 6.61 Å². The molecule has 3 rings (SSSR count). The normalized spacial score (nSPS) is 10.8. The van der Waals surface area contributed by atoms with E-state index in [-0.39, 0.29) is 12.4 Å². The second kappa shape index (κ2) is 10.6. The van der Waals surface area contributed by atoms with E-state index in [9.17, 15) is 9.59 Å². The van der Waals surface area contributed by atoms with E-state index in [1.807, 2.05) is 32.0 Å². The van der Waals surface area contributed by atoms with Crippen molar-refractivity contribution in [1.29, 1.82) is 0 Å². The molecular weight excluding hydrogens is 396 g/mol. The number of Topliss-reactive ketones (excluding diaryl/α,β-unsaturated/α-hetero) is 1. The predicted molar refractivity (Wildman–Crippen MR) is 117 cm³/mol. The topological polar surface area (TPSA) is 82.7 Å². The third-order valence-corrected chi connectivity index (χ3v) is 5.12. The number of aromatic nitrogens is 1. The second-order valence-corrected chi connectivity index (χ2v) is 7.26. The highest BCUT2D eigenvalue weighted by Crippen LogP contribution is 2.19. The van der Waals surface area contributed by atoms with Gasteiger partial charge in [-0.3, -0.25) is 4.79 Å². The first-order valence-electron chi connectivity index (χ1n) is 10.2. The maximum atomic E-state index is 12.7. The number of ketones is 1. The SMILES string of the molecule is COCCCn1c(C)cc(C(=O)COC(=O)c2ccccc2NCc2ccco2)c1C. The summed E-state index contributed by atoms with van der Waals surface area (Å²) in [5.74, 6) is -0.0236. The number of carbonyl (C=O) groups is 2. The minimum absolute atomic E-state index is 0.222. The number of methoxy groups -OCH3 is 1. The monoisotopic (exact) mass is 424 g/mol. The lowest BCUT2D eigenvalue weighted by Gasteiger charge is -2.11. The van der Waals surface area contributed by atoms with E-state index < -0.39 is 5.97 Å². The van der Waals surface area contributed by atoms with Crippen molar-refractivity contribution >= 4 is 17.4 Å². The van der Waals surface area contributed by atoms with E-state index in [4.69, 9.17) is 13.9 Å². The number of carbonyl (C=O) groups excluding carboxylic acids is 2. The van der Waals surface area contributed by atoms with E-state index in [2.05, 4.69) is 9.88 Å². The Kier molecular flexibility index (Phi) is 7.67. The summed E-state index contributed by atoms with van der Waals surface area (Å²) in [6, 6.07) is 12.5. The molecule has 164 valence electrons. The maximum Gasteiger partial charge on any atom is 0.340 e. The first kappa shape index (κ1) is 22.4. The molecule has 3 aromatic rings. The molecule has 0 radical (unpaired) electrons. The van der Waals surface area contributed by atoms with Gasteiger partial charge in [0.05, 0.1) is 18.4 Å². The van der Waals surface area contributed by atoms with Gasteiger partial charge in [0, 0.05) is 42.9 Å². The average molecular weight is 424 g/mol. The Morgan fingerprint density at radius 3 is 2.65 bits per heavy atom. The molecule has 7 nitrogen and oxygen atoms in total. The van der Waals surface area contributed by atoms with Crippen LogP contribution in [0.1, 0.15) is 44.3 Å². The number of hydrogen-bond donors (Lipinski definition) is 1. The van der Waals surface area contributed by atoms with Gasteiger partial charge in [-0.1, -0.05) is 12.1 Å². The molecule has 0 aliphatic carbocycles. The van der Waals surface area contributed by atoms with Gasteiger partial charge in [-0.25, -0.2) is 4.79 Å². The quantitative estimate of drug-likeness (QED) is 0.279. The number of ether oxygens (including phenoxy) is 2. The standard InChI is InChI=1S/C24H28N2O5/c1-17-14-21(18(2)26(17)11-7-12-29-3)23(27)16-31-24(28)20-9-4-5-10-22(20)25-15-19-8-6-13-30-19/h4-6,8-10,13-14,25H,7,11-12,15-16H2,1-3H3. The highest BCUT2D eigenvalue weighted by Gasteiger charge is 2.19. The Labute approximate surface area is 182 Å². The zero-order chi connectivity index (χ0) is 22.2. The minimum atomic E-state index is -0.551. The third kappa shape index (κ3) is 5.64. The minimum Gasteiger partial charge on any atom is -0.467 e. The summed E-state index contributed by atoms with van der Waals surface area (Å²) in [6.07, 6.45) is 2.45. The molecule has 0 bridgehead atoms. The third-order valence-electron chi connectivity index (χ3n) is 5.12. The lowest BCUT2D eigenvalue weighted by Crippen LogP contribution is -2.16. The molecule has 2 heterocycles. The molecule has 0 amide bonds. The van der Waals surface area contributed by atoms with Crippen LogP contribution in [0.3, 0.4) is 0 Å².